The molecule has 2 aromatic carbocycles. The molecule has 5 N–H and O–H groups in total. The number of nitrogens with two attached hydrogens (primary N) is 1. The van der Waals surface area contributed by atoms with Crippen LogP contribution in [0, 0.1) is 0 Å². The maximum Gasteiger partial charge on any atom is 0.416 e. The molecule has 1 fully saturated rings. The lowest BCUT2D eigenvalue weighted by Crippen LogP contribution is -2.26. The summed E-state index contributed by atoms with van der Waals surface area (Å²) in [5.74, 6) is 0.374. The van der Waals surface area contributed by atoms with Crippen LogP contribution in [0.5, 0.6) is 0 Å². The summed E-state index contributed by atoms with van der Waals surface area (Å²) in [5, 5.41) is 13.5. The molecule has 0 radical (unpaired) electrons. The Balaban J connectivity index is 1.39. The van der Waals surface area contributed by atoms with Crippen molar-refractivity contribution in [3.63, 3.8) is 0 Å². The summed E-state index contributed by atoms with van der Waals surface area (Å²) in [4.78, 5) is 17.2. The normalized spacial score (nSPS) is 14.6. The third-order valence-electron chi connectivity index (χ3n) is 6.44. The van der Waals surface area contributed by atoms with Crippen LogP contribution >= 0.6 is 0 Å². The number of carbonyl (C=O) groups is 1. The lowest BCUT2D eigenvalue weighted by molar-refractivity contribution is -0.137. The van der Waals surface area contributed by atoms with Crippen LogP contribution in [0.3, 0.4) is 0 Å². The number of urea groups is 1. The number of rotatable bonds is 5. The number of carbonyl (C=O) groups excluding carboxylic acids is 1. The van der Waals surface area contributed by atoms with Crippen LogP contribution in [0.15, 0.2) is 54.6 Å². The van der Waals surface area contributed by atoms with E-state index in [4.69, 9.17) is 10.7 Å². The number of hydrogen-bond donors (Lipinski definition) is 4. The van der Waals surface area contributed by atoms with Crippen LogP contribution in [-0.2, 0) is 18.8 Å². The Labute approximate surface area is 204 Å². The first-order chi connectivity index (χ1) is 17.1. The van der Waals surface area contributed by atoms with E-state index in [2.05, 4.69) is 21.0 Å². The fourth-order valence-electron chi connectivity index (χ4n) is 4.31. The van der Waals surface area contributed by atoms with Crippen molar-refractivity contribution in [2.75, 3.05) is 23.4 Å². The standard InChI is InChI=1S/C25H24F3N7O/c1-30-24(10-11-24)19-13-18(20-21(29)34-35(2)22(20)33-19)14-6-8-16(9-7-14)31-23(36)32-17-5-3-4-15(12-17)25(26,27)28/h3-9,12-13,30H,10-11H2,1-2H3,(H2,29,34)(H2,31,32,36). The average molecular weight is 496 g/mol. The van der Waals surface area contributed by atoms with Crippen molar-refractivity contribution in [3.8, 4) is 11.1 Å². The lowest BCUT2D eigenvalue weighted by Gasteiger charge is -2.16. The van der Waals surface area contributed by atoms with Gasteiger partial charge in [0.25, 0.3) is 0 Å². The van der Waals surface area contributed by atoms with Gasteiger partial charge in [0.2, 0.25) is 0 Å². The van der Waals surface area contributed by atoms with E-state index in [0.717, 1.165) is 47.2 Å². The Bertz CT molecular complexity index is 1460. The van der Waals surface area contributed by atoms with Gasteiger partial charge in [-0.3, -0.25) is 0 Å². The maximum absolute atomic E-state index is 12.9. The van der Waals surface area contributed by atoms with Gasteiger partial charge >= 0.3 is 12.2 Å². The maximum atomic E-state index is 12.9. The molecule has 8 nitrogen and oxygen atoms in total. The summed E-state index contributed by atoms with van der Waals surface area (Å²) in [5.41, 5.74) is 9.05. The van der Waals surface area contributed by atoms with Crippen molar-refractivity contribution in [2.24, 2.45) is 7.05 Å². The SMILES string of the molecule is CNC1(c2cc(-c3ccc(NC(=O)Nc4cccc(C(F)(F)F)c4)cc3)c3c(N)nn(C)c3n2)CC1. The highest BCUT2D eigenvalue weighted by Gasteiger charge is 2.44. The summed E-state index contributed by atoms with van der Waals surface area (Å²) in [7, 11) is 3.72. The molecule has 0 saturated heterocycles. The molecule has 5 rings (SSSR count). The highest BCUT2D eigenvalue weighted by molar-refractivity contribution is 6.02. The van der Waals surface area contributed by atoms with Crippen LogP contribution < -0.4 is 21.7 Å². The largest absolute Gasteiger partial charge is 0.416 e. The van der Waals surface area contributed by atoms with Gasteiger partial charge < -0.3 is 21.7 Å². The number of hydrogen-bond acceptors (Lipinski definition) is 5. The second kappa shape index (κ2) is 8.52. The van der Waals surface area contributed by atoms with E-state index in [9.17, 15) is 18.0 Å². The van der Waals surface area contributed by atoms with Crippen LogP contribution in [-0.4, -0.2) is 27.8 Å². The number of pyridine rings is 1. The highest BCUT2D eigenvalue weighted by atomic mass is 19.4. The van der Waals surface area contributed by atoms with Gasteiger partial charge in [0.15, 0.2) is 11.5 Å². The van der Waals surface area contributed by atoms with Crippen molar-refractivity contribution in [1.82, 2.24) is 20.1 Å². The number of aryl methyl sites for hydroxylation is 1. The first-order valence-corrected chi connectivity index (χ1v) is 11.3. The molecule has 0 unspecified atom stereocenters. The number of aromatic nitrogens is 3. The number of benzene rings is 2. The first-order valence-electron chi connectivity index (χ1n) is 11.3. The van der Waals surface area contributed by atoms with Crippen LogP contribution in [0.2, 0.25) is 0 Å². The Morgan fingerprint density at radius 1 is 1.06 bits per heavy atom. The first kappa shape index (κ1) is 23.6. The molecule has 11 heteroatoms. The minimum atomic E-state index is -4.49. The van der Waals surface area contributed by atoms with E-state index < -0.39 is 17.8 Å². The zero-order valence-corrected chi connectivity index (χ0v) is 19.6. The molecule has 0 bridgehead atoms. The van der Waals surface area contributed by atoms with Crippen LogP contribution in [0.25, 0.3) is 22.2 Å². The smallest absolute Gasteiger partial charge is 0.382 e. The Morgan fingerprint density at radius 2 is 1.75 bits per heavy atom. The number of halogens is 3. The minimum absolute atomic E-state index is 0.0382. The van der Waals surface area contributed by atoms with Crippen molar-refractivity contribution < 1.29 is 18.0 Å². The zero-order chi connectivity index (χ0) is 25.7. The summed E-state index contributed by atoms with van der Waals surface area (Å²) in [6.45, 7) is 0. The Hall–Kier alpha value is -4.12. The molecule has 2 heterocycles. The van der Waals surface area contributed by atoms with Gasteiger partial charge in [-0.05, 0) is 67.4 Å². The summed E-state index contributed by atoms with van der Waals surface area (Å²) in [6, 6.07) is 12.9. The summed E-state index contributed by atoms with van der Waals surface area (Å²) in [6.07, 6.45) is -2.52. The van der Waals surface area contributed by atoms with Gasteiger partial charge in [0.1, 0.15) is 0 Å². The van der Waals surface area contributed by atoms with E-state index >= 15 is 0 Å². The number of amides is 2. The van der Waals surface area contributed by atoms with Gasteiger partial charge in [-0.2, -0.15) is 18.3 Å². The third-order valence-corrected chi connectivity index (χ3v) is 6.44. The van der Waals surface area contributed by atoms with Crippen molar-refractivity contribution >= 4 is 34.3 Å². The molecular weight excluding hydrogens is 471 g/mol. The molecule has 36 heavy (non-hydrogen) atoms. The zero-order valence-electron chi connectivity index (χ0n) is 19.6. The molecule has 1 saturated carbocycles. The Kier molecular flexibility index (Phi) is 5.59. The van der Waals surface area contributed by atoms with E-state index in [1.54, 1.807) is 23.9 Å². The molecule has 2 amide bonds. The van der Waals surface area contributed by atoms with Crippen molar-refractivity contribution in [3.05, 3.63) is 65.9 Å². The second-order valence-electron chi connectivity index (χ2n) is 8.83. The molecule has 0 spiro atoms. The average Bonchev–Trinajstić information content (AvgIpc) is 3.59. The van der Waals surface area contributed by atoms with E-state index in [1.807, 2.05) is 25.2 Å². The molecule has 1 aliphatic carbocycles. The fourth-order valence-corrected chi connectivity index (χ4v) is 4.31. The summed E-state index contributed by atoms with van der Waals surface area (Å²) < 4.78 is 40.4. The monoisotopic (exact) mass is 495 g/mol. The van der Waals surface area contributed by atoms with Gasteiger partial charge in [0, 0.05) is 18.4 Å². The quantitative estimate of drug-likeness (QED) is 0.308. The molecular formula is C25H24F3N7O. The fraction of sp³-hybridized carbons (Fsp3) is 0.240. The molecule has 1 aliphatic rings. The second-order valence-corrected chi connectivity index (χ2v) is 8.83. The molecule has 2 aromatic heterocycles. The number of nitrogens with zero attached hydrogens (tertiary/aromatic N) is 3. The van der Waals surface area contributed by atoms with Gasteiger partial charge in [-0.25, -0.2) is 14.5 Å². The number of nitrogen functional groups attached to an aromatic ring is 1. The van der Waals surface area contributed by atoms with Gasteiger partial charge in [-0.15, -0.1) is 0 Å². The Morgan fingerprint density at radius 3 is 2.39 bits per heavy atom. The molecule has 0 atom stereocenters. The van der Waals surface area contributed by atoms with Crippen LogP contribution in [0.4, 0.5) is 35.2 Å². The predicted molar refractivity (Wildman–Crippen MR) is 132 cm³/mol. The van der Waals surface area contributed by atoms with Gasteiger partial charge in [-0.1, -0.05) is 18.2 Å². The number of fused-ring (bicyclic) bond motifs is 1. The molecule has 0 aliphatic heterocycles. The van der Waals surface area contributed by atoms with E-state index in [-0.39, 0.29) is 11.2 Å². The van der Waals surface area contributed by atoms with Crippen molar-refractivity contribution in [1.29, 1.82) is 0 Å². The molecule has 4 aromatic rings. The van der Waals surface area contributed by atoms with Gasteiger partial charge in [0.05, 0.1) is 22.2 Å². The lowest BCUT2D eigenvalue weighted by atomic mass is 9.99. The van der Waals surface area contributed by atoms with Crippen molar-refractivity contribution in [2.45, 2.75) is 24.6 Å². The predicted octanol–water partition coefficient (Wildman–Crippen LogP) is 5.09. The number of anilines is 3. The topological polar surface area (TPSA) is 110 Å². The number of alkyl halides is 3. The number of nitrogens with one attached hydrogen (secondary N) is 3. The third kappa shape index (κ3) is 4.33. The summed E-state index contributed by atoms with van der Waals surface area (Å²) >= 11 is 0. The highest BCUT2D eigenvalue weighted by Crippen LogP contribution is 2.46. The molecule has 186 valence electrons. The van der Waals surface area contributed by atoms with E-state index in [1.165, 1.54) is 12.1 Å². The minimum Gasteiger partial charge on any atom is -0.382 e. The van der Waals surface area contributed by atoms with Crippen LogP contribution in [0.1, 0.15) is 24.1 Å². The van der Waals surface area contributed by atoms with E-state index in [0.29, 0.717) is 17.2 Å².